The average molecular weight is 438 g/mol. The molecule has 0 radical (unpaired) electrons. The molecule has 1 heterocycles. The molecule has 3 aromatic rings. The molecule has 2 aromatic carbocycles. The number of thiazole rings is 1. The lowest BCUT2D eigenvalue weighted by molar-refractivity contribution is -0.117. The van der Waals surface area contributed by atoms with Gasteiger partial charge in [-0.2, -0.15) is 0 Å². The monoisotopic (exact) mass is 437 g/mol. The van der Waals surface area contributed by atoms with Crippen LogP contribution in [-0.2, 0) is 9.59 Å². The highest BCUT2D eigenvalue weighted by atomic mass is 32.2. The maximum absolute atomic E-state index is 12.8. The Balaban J connectivity index is 1.38. The Morgan fingerprint density at radius 3 is 2.67 bits per heavy atom. The summed E-state index contributed by atoms with van der Waals surface area (Å²) < 4.78 is 0. The van der Waals surface area contributed by atoms with Crippen molar-refractivity contribution in [2.24, 2.45) is 5.92 Å². The second-order valence-corrected chi connectivity index (χ2v) is 9.33. The number of hydrogen-bond acceptors (Lipinski definition) is 5. The minimum absolute atomic E-state index is 0.0659. The van der Waals surface area contributed by atoms with E-state index in [-0.39, 0.29) is 23.0 Å². The van der Waals surface area contributed by atoms with Crippen LogP contribution in [0.1, 0.15) is 26.2 Å². The predicted octanol–water partition coefficient (Wildman–Crippen LogP) is 5.67. The smallest absolute Gasteiger partial charge is 0.239 e. The molecule has 5 nitrogen and oxygen atoms in total. The molecule has 1 aliphatic rings. The number of rotatable bonds is 8. The van der Waals surface area contributed by atoms with Crippen LogP contribution in [0.3, 0.4) is 0 Å². The van der Waals surface area contributed by atoms with Crippen LogP contribution in [0.2, 0.25) is 0 Å². The van der Waals surface area contributed by atoms with E-state index in [9.17, 15) is 9.59 Å². The lowest BCUT2D eigenvalue weighted by atomic mass is 10.2. The number of nitrogens with zero attached hydrogens (tertiary/aromatic N) is 1. The van der Waals surface area contributed by atoms with Crippen LogP contribution in [-0.4, -0.2) is 22.0 Å². The average Bonchev–Trinajstić information content (AvgIpc) is 3.52. The van der Waals surface area contributed by atoms with Gasteiger partial charge < -0.3 is 10.6 Å². The highest BCUT2D eigenvalue weighted by molar-refractivity contribution is 8.00. The number of anilines is 2. The van der Waals surface area contributed by atoms with Crippen molar-refractivity contribution in [2.45, 2.75) is 36.3 Å². The van der Waals surface area contributed by atoms with E-state index in [0.717, 1.165) is 34.7 Å². The highest BCUT2D eigenvalue weighted by Gasteiger charge is 2.29. The Morgan fingerprint density at radius 1 is 1.13 bits per heavy atom. The van der Waals surface area contributed by atoms with Crippen LogP contribution in [0.15, 0.2) is 64.9 Å². The van der Waals surface area contributed by atoms with Gasteiger partial charge in [-0.1, -0.05) is 43.3 Å². The van der Waals surface area contributed by atoms with Gasteiger partial charge in [0, 0.05) is 27.4 Å². The molecule has 30 heavy (non-hydrogen) atoms. The van der Waals surface area contributed by atoms with E-state index in [2.05, 4.69) is 15.6 Å². The fourth-order valence-corrected chi connectivity index (χ4v) is 4.72. The summed E-state index contributed by atoms with van der Waals surface area (Å²) in [5, 5.41) is 8.22. The molecule has 1 aromatic heterocycles. The second kappa shape index (κ2) is 9.45. The zero-order valence-corrected chi connectivity index (χ0v) is 18.3. The van der Waals surface area contributed by atoms with Gasteiger partial charge in [0.1, 0.15) is 0 Å². The molecule has 2 N–H and O–H groups in total. The number of hydrogen-bond donors (Lipinski definition) is 2. The van der Waals surface area contributed by atoms with Gasteiger partial charge in [-0.3, -0.25) is 9.59 Å². The molecule has 1 saturated carbocycles. The number of aromatic nitrogens is 1. The molecule has 0 spiro atoms. The highest BCUT2D eigenvalue weighted by Crippen LogP contribution is 2.32. The first-order chi connectivity index (χ1) is 14.6. The van der Waals surface area contributed by atoms with Crippen LogP contribution < -0.4 is 10.6 Å². The number of carbonyl (C=O) groups excluding carboxylic acids is 2. The summed E-state index contributed by atoms with van der Waals surface area (Å²) in [6.07, 6.45) is 2.63. The molecule has 0 aliphatic heterocycles. The summed E-state index contributed by atoms with van der Waals surface area (Å²) in [5.74, 6) is 0.179. The van der Waals surface area contributed by atoms with E-state index in [4.69, 9.17) is 0 Å². The first-order valence-corrected chi connectivity index (χ1v) is 11.8. The SMILES string of the molecule is CCC(Sc1cccc(NC(=O)C2CC2)c1)C(=O)Nc1nc(-c2ccccc2)cs1. The normalized spacial score (nSPS) is 14.2. The number of amides is 2. The zero-order chi connectivity index (χ0) is 20.9. The molecular formula is C23H23N3O2S2. The van der Waals surface area contributed by atoms with Gasteiger partial charge in [-0.05, 0) is 37.5 Å². The number of benzene rings is 2. The van der Waals surface area contributed by atoms with Crippen molar-refractivity contribution < 1.29 is 9.59 Å². The third kappa shape index (κ3) is 5.29. The largest absolute Gasteiger partial charge is 0.326 e. The molecule has 0 bridgehead atoms. The molecule has 1 aliphatic carbocycles. The number of thioether (sulfide) groups is 1. The van der Waals surface area contributed by atoms with Gasteiger partial charge >= 0.3 is 0 Å². The van der Waals surface area contributed by atoms with Crippen molar-refractivity contribution in [3.05, 3.63) is 60.0 Å². The van der Waals surface area contributed by atoms with E-state index in [1.807, 2.05) is 66.9 Å². The fraction of sp³-hybridized carbons (Fsp3) is 0.261. The molecule has 2 amide bonds. The molecular weight excluding hydrogens is 414 g/mol. The summed E-state index contributed by atoms with van der Waals surface area (Å²) in [7, 11) is 0. The Kier molecular flexibility index (Phi) is 6.50. The fourth-order valence-electron chi connectivity index (χ4n) is 2.98. The standard InChI is InChI=1S/C23H23N3O2S2/c1-2-20(30-18-10-6-9-17(13-18)24-21(27)16-11-12-16)22(28)26-23-25-19(14-29-23)15-7-4-3-5-8-15/h3-10,13-14,16,20H,2,11-12H2,1H3,(H,24,27)(H,25,26,28). The zero-order valence-electron chi connectivity index (χ0n) is 16.6. The lowest BCUT2D eigenvalue weighted by Gasteiger charge is -2.14. The van der Waals surface area contributed by atoms with Crippen LogP contribution in [0.5, 0.6) is 0 Å². The number of carbonyl (C=O) groups is 2. The molecule has 1 atom stereocenters. The van der Waals surface area contributed by atoms with Crippen molar-refractivity contribution >= 4 is 45.7 Å². The van der Waals surface area contributed by atoms with E-state index in [1.54, 1.807) is 0 Å². The number of nitrogens with one attached hydrogen (secondary N) is 2. The molecule has 1 fully saturated rings. The third-order valence-corrected chi connectivity index (χ3v) is 6.91. The van der Waals surface area contributed by atoms with Crippen LogP contribution in [0.4, 0.5) is 10.8 Å². The van der Waals surface area contributed by atoms with Gasteiger partial charge in [0.25, 0.3) is 0 Å². The van der Waals surface area contributed by atoms with Crippen LogP contribution in [0.25, 0.3) is 11.3 Å². The third-order valence-electron chi connectivity index (χ3n) is 4.80. The van der Waals surface area contributed by atoms with Crippen molar-refractivity contribution in [2.75, 3.05) is 10.6 Å². The van der Waals surface area contributed by atoms with Crippen LogP contribution in [0, 0.1) is 5.92 Å². The summed E-state index contributed by atoms with van der Waals surface area (Å²) in [6.45, 7) is 1.99. The minimum atomic E-state index is -0.247. The maximum atomic E-state index is 12.8. The van der Waals surface area contributed by atoms with Gasteiger partial charge in [0.2, 0.25) is 11.8 Å². The van der Waals surface area contributed by atoms with Gasteiger partial charge in [0.15, 0.2) is 5.13 Å². The van der Waals surface area contributed by atoms with Gasteiger partial charge in [-0.25, -0.2) is 4.98 Å². The second-order valence-electron chi connectivity index (χ2n) is 7.20. The Labute approximate surface area is 184 Å². The lowest BCUT2D eigenvalue weighted by Crippen LogP contribution is -2.24. The summed E-state index contributed by atoms with van der Waals surface area (Å²) in [5.41, 5.74) is 2.66. The Morgan fingerprint density at radius 2 is 1.93 bits per heavy atom. The first kappa shape index (κ1) is 20.6. The van der Waals surface area contributed by atoms with Crippen molar-refractivity contribution in [1.29, 1.82) is 0 Å². The maximum Gasteiger partial charge on any atom is 0.239 e. The first-order valence-electron chi connectivity index (χ1n) is 10.0. The van der Waals surface area contributed by atoms with E-state index >= 15 is 0 Å². The molecule has 4 rings (SSSR count). The van der Waals surface area contributed by atoms with E-state index < -0.39 is 0 Å². The minimum Gasteiger partial charge on any atom is -0.326 e. The van der Waals surface area contributed by atoms with Crippen LogP contribution >= 0.6 is 23.1 Å². The quantitative estimate of drug-likeness (QED) is 0.446. The molecule has 154 valence electrons. The molecule has 1 unspecified atom stereocenters. The van der Waals surface area contributed by atoms with E-state index in [1.165, 1.54) is 23.1 Å². The molecule has 7 heteroatoms. The molecule has 0 saturated heterocycles. The summed E-state index contributed by atoms with van der Waals surface area (Å²) >= 11 is 2.92. The summed E-state index contributed by atoms with van der Waals surface area (Å²) in [4.78, 5) is 30.3. The Bertz CT molecular complexity index is 1030. The van der Waals surface area contributed by atoms with Crippen molar-refractivity contribution in [1.82, 2.24) is 4.98 Å². The predicted molar refractivity (Wildman–Crippen MR) is 124 cm³/mol. The van der Waals surface area contributed by atoms with E-state index in [0.29, 0.717) is 11.6 Å². The van der Waals surface area contributed by atoms with Crippen molar-refractivity contribution in [3.8, 4) is 11.3 Å². The summed E-state index contributed by atoms with van der Waals surface area (Å²) in [6, 6.07) is 17.6. The Hall–Kier alpha value is -2.64. The van der Waals surface area contributed by atoms with Crippen molar-refractivity contribution in [3.63, 3.8) is 0 Å². The van der Waals surface area contributed by atoms with Gasteiger partial charge in [0.05, 0.1) is 10.9 Å². The van der Waals surface area contributed by atoms with Gasteiger partial charge in [-0.15, -0.1) is 23.1 Å². The topological polar surface area (TPSA) is 71.1 Å².